The summed E-state index contributed by atoms with van der Waals surface area (Å²) in [4.78, 5) is 25.1. The molecule has 3 N–H and O–H groups in total. The largest absolute Gasteiger partial charge is 0.481 e. The minimum absolute atomic E-state index is 0.0432. The van der Waals surface area contributed by atoms with Crippen LogP contribution in [0, 0.1) is 11.2 Å². The number of carbonyl (C=O) groups is 2. The van der Waals surface area contributed by atoms with Gasteiger partial charge in [0.25, 0.3) is 0 Å². The summed E-state index contributed by atoms with van der Waals surface area (Å²) in [5.74, 6) is -1.63. The van der Waals surface area contributed by atoms with Crippen LogP contribution in [0.3, 0.4) is 0 Å². The molecule has 1 heterocycles. The maximum atomic E-state index is 14.2. The maximum Gasteiger partial charge on any atom is 0.305 e. The van der Waals surface area contributed by atoms with E-state index in [2.05, 4.69) is 27.7 Å². The number of aromatic nitrogens is 1. The van der Waals surface area contributed by atoms with Gasteiger partial charge in [-0.25, -0.2) is 4.39 Å². The molecule has 2 atom stereocenters. The number of nitrogens with zero attached hydrogens (tertiary/aromatic N) is 1. The number of benzene rings is 3. The van der Waals surface area contributed by atoms with E-state index in [1.54, 1.807) is 12.1 Å². The molecule has 0 radical (unpaired) electrons. The number of aliphatic carboxylic acids is 1. The van der Waals surface area contributed by atoms with Gasteiger partial charge in [-0.3, -0.25) is 9.59 Å². The third-order valence-corrected chi connectivity index (χ3v) is 7.16. The second kappa shape index (κ2) is 16.5. The van der Waals surface area contributed by atoms with Gasteiger partial charge in [0.15, 0.2) is 5.78 Å². The van der Waals surface area contributed by atoms with E-state index in [-0.39, 0.29) is 36.8 Å². The van der Waals surface area contributed by atoms with E-state index in [4.69, 9.17) is 5.11 Å². The summed E-state index contributed by atoms with van der Waals surface area (Å²) in [5.41, 5.74) is 5.87. The summed E-state index contributed by atoms with van der Waals surface area (Å²) < 4.78 is 16.0. The number of carbonyl (C=O) groups excluding carboxylic acids is 1. The monoisotopic (exact) mass is 629 g/mol. The second-order valence-electron chi connectivity index (χ2n) is 13.7. The highest BCUT2D eigenvalue weighted by Crippen LogP contribution is 2.43. The normalized spacial score (nSPS) is 12.7. The van der Waals surface area contributed by atoms with Crippen molar-refractivity contribution in [2.75, 3.05) is 0 Å². The number of rotatable bonds is 13. The minimum Gasteiger partial charge on any atom is -0.481 e. The summed E-state index contributed by atoms with van der Waals surface area (Å²) in [6.45, 7) is 13.1. The lowest BCUT2D eigenvalue weighted by molar-refractivity contribution is -0.139. The van der Waals surface area contributed by atoms with Crippen molar-refractivity contribution in [2.45, 2.75) is 91.9 Å². The molecule has 0 aliphatic rings. The van der Waals surface area contributed by atoms with Crippen molar-refractivity contribution in [3.8, 4) is 22.4 Å². The van der Waals surface area contributed by atoms with Crippen LogP contribution in [0.2, 0.25) is 0 Å². The molecule has 0 fully saturated rings. The Morgan fingerprint density at radius 2 is 1.35 bits per heavy atom. The Morgan fingerprint density at radius 3 is 1.87 bits per heavy atom. The molecule has 4 aromatic rings. The maximum absolute atomic E-state index is 14.2. The second-order valence-corrected chi connectivity index (χ2v) is 13.7. The Kier molecular flexibility index (Phi) is 13.0. The molecule has 4 rings (SSSR count). The highest BCUT2D eigenvalue weighted by Gasteiger charge is 2.30. The molecule has 0 saturated carbocycles. The number of hydrogen-bond acceptors (Lipinski definition) is 4. The van der Waals surface area contributed by atoms with E-state index >= 15 is 0 Å². The molecule has 0 amide bonds. The molecular formula is C39H48FNO5. The lowest BCUT2D eigenvalue weighted by Gasteiger charge is -2.20. The van der Waals surface area contributed by atoms with Crippen LogP contribution in [0.1, 0.15) is 88.3 Å². The van der Waals surface area contributed by atoms with Crippen molar-refractivity contribution >= 4 is 11.8 Å². The minimum atomic E-state index is -1.17. The Balaban J connectivity index is 0.00000107. The molecule has 0 saturated heterocycles. The van der Waals surface area contributed by atoms with E-state index in [0.717, 1.165) is 33.6 Å². The molecule has 1 aromatic heterocycles. The molecule has 7 heteroatoms. The van der Waals surface area contributed by atoms with Crippen molar-refractivity contribution in [1.82, 2.24) is 4.57 Å². The van der Waals surface area contributed by atoms with Gasteiger partial charge in [-0.15, -0.1) is 0 Å². The average molecular weight is 630 g/mol. The van der Waals surface area contributed by atoms with Gasteiger partial charge in [0.05, 0.1) is 24.3 Å². The molecule has 46 heavy (non-hydrogen) atoms. The molecule has 246 valence electrons. The first-order chi connectivity index (χ1) is 21.7. The third kappa shape index (κ3) is 10.8. The quantitative estimate of drug-likeness (QED) is 0.129. The number of aliphatic hydroxyl groups is 2. The van der Waals surface area contributed by atoms with Crippen molar-refractivity contribution < 1.29 is 29.3 Å². The number of aliphatic hydroxyl groups excluding tert-OH is 2. The lowest BCUT2D eigenvalue weighted by atomic mass is 9.90. The van der Waals surface area contributed by atoms with Crippen LogP contribution in [0.15, 0.2) is 84.9 Å². The summed E-state index contributed by atoms with van der Waals surface area (Å²) in [5, 5.41) is 29.8. The number of hydrogen-bond donors (Lipinski definition) is 3. The predicted octanol–water partition coefficient (Wildman–Crippen LogP) is 8.54. The first-order valence-electron chi connectivity index (χ1n) is 15.9. The van der Waals surface area contributed by atoms with Crippen molar-refractivity contribution in [3.63, 3.8) is 0 Å². The molecule has 0 spiro atoms. The van der Waals surface area contributed by atoms with Crippen LogP contribution in [0.5, 0.6) is 0 Å². The molecule has 6 nitrogen and oxygen atoms in total. The SMILES string of the molecule is CC(C)(C)C.CC(C)c1c(C(=O)Cc2ccccc2)c(-c2ccccc2)c(-c2ccc(F)cc2)n1CC[C@@H](O)C[C@@H](O)CC(=O)O. The standard InChI is InChI=1S/C34H36FNO5.C5H12/c1-22(2)33-32(29(39)19-23-9-5-3-6-10-23)31(24-11-7-4-8-12-24)34(25-13-15-26(35)16-14-25)36(33)18-17-27(37)20-28(38)21-30(40)41;1-5(2,3)4/h3-16,22,27-28,37-38H,17-21H2,1-2H3,(H,40,41);1-4H3/t27-,28-;/m1./s1. The first-order valence-corrected chi connectivity index (χ1v) is 15.9. The van der Waals surface area contributed by atoms with Crippen LogP contribution in [0.4, 0.5) is 4.39 Å². The van der Waals surface area contributed by atoms with Gasteiger partial charge >= 0.3 is 5.97 Å². The van der Waals surface area contributed by atoms with E-state index < -0.39 is 24.6 Å². The lowest BCUT2D eigenvalue weighted by Crippen LogP contribution is -2.22. The van der Waals surface area contributed by atoms with Gasteiger partial charge in [0.1, 0.15) is 5.82 Å². The Morgan fingerprint density at radius 1 is 0.804 bits per heavy atom. The zero-order valence-corrected chi connectivity index (χ0v) is 27.8. The van der Waals surface area contributed by atoms with Gasteiger partial charge < -0.3 is 19.9 Å². The molecule has 0 aliphatic heterocycles. The molecule has 0 aliphatic carbocycles. The Bertz CT molecular complexity index is 1550. The van der Waals surface area contributed by atoms with Gasteiger partial charge in [-0.2, -0.15) is 0 Å². The Labute approximate surface area is 272 Å². The highest BCUT2D eigenvalue weighted by molar-refractivity contribution is 6.08. The molecular weight excluding hydrogens is 581 g/mol. The summed E-state index contributed by atoms with van der Waals surface area (Å²) in [6.07, 6.45) is -2.24. The summed E-state index contributed by atoms with van der Waals surface area (Å²) in [6, 6.07) is 25.3. The molecule has 0 unspecified atom stereocenters. The van der Waals surface area contributed by atoms with Gasteiger partial charge in [-0.1, -0.05) is 102 Å². The van der Waals surface area contributed by atoms with E-state index in [1.165, 1.54) is 12.1 Å². The first kappa shape index (κ1) is 36.4. The zero-order valence-electron chi connectivity index (χ0n) is 27.8. The van der Waals surface area contributed by atoms with Crippen LogP contribution in [-0.4, -0.2) is 43.8 Å². The van der Waals surface area contributed by atoms with Crippen LogP contribution in [0.25, 0.3) is 22.4 Å². The van der Waals surface area contributed by atoms with Crippen LogP contribution in [-0.2, 0) is 17.8 Å². The van der Waals surface area contributed by atoms with Crippen molar-refractivity contribution in [2.24, 2.45) is 5.41 Å². The smallest absolute Gasteiger partial charge is 0.305 e. The van der Waals surface area contributed by atoms with Crippen molar-refractivity contribution in [1.29, 1.82) is 0 Å². The number of ketones is 1. The highest BCUT2D eigenvalue weighted by atomic mass is 19.1. The summed E-state index contributed by atoms with van der Waals surface area (Å²) >= 11 is 0. The van der Waals surface area contributed by atoms with Crippen LogP contribution < -0.4 is 0 Å². The van der Waals surface area contributed by atoms with E-state index in [1.807, 2.05) is 79.1 Å². The number of carboxylic acids is 1. The number of halogens is 1. The number of Topliss-reactive ketones (excluding diaryl/α,β-unsaturated/α-hetero) is 1. The fraction of sp³-hybridized carbons (Fsp3) is 0.385. The van der Waals surface area contributed by atoms with E-state index in [0.29, 0.717) is 17.5 Å². The van der Waals surface area contributed by atoms with Crippen molar-refractivity contribution in [3.05, 3.63) is 108 Å². The fourth-order valence-corrected chi connectivity index (χ4v) is 5.41. The topological polar surface area (TPSA) is 99.8 Å². The average Bonchev–Trinajstić information content (AvgIpc) is 3.32. The van der Waals surface area contributed by atoms with Crippen LogP contribution >= 0.6 is 0 Å². The summed E-state index contributed by atoms with van der Waals surface area (Å²) in [7, 11) is 0. The van der Waals surface area contributed by atoms with E-state index in [9.17, 15) is 24.2 Å². The van der Waals surface area contributed by atoms with Gasteiger partial charge in [-0.05, 0) is 65.1 Å². The predicted molar refractivity (Wildman–Crippen MR) is 182 cm³/mol. The third-order valence-electron chi connectivity index (χ3n) is 7.16. The molecule has 3 aromatic carbocycles. The number of carboxylic acid groups (broad SMARTS) is 1. The Hall–Kier alpha value is -4.07. The van der Waals surface area contributed by atoms with Gasteiger partial charge in [0.2, 0.25) is 0 Å². The van der Waals surface area contributed by atoms with Gasteiger partial charge in [0, 0.05) is 29.8 Å². The fourth-order valence-electron chi connectivity index (χ4n) is 5.41. The molecule has 0 bridgehead atoms. The zero-order chi connectivity index (χ0) is 34.0.